The summed E-state index contributed by atoms with van der Waals surface area (Å²) in [6.45, 7) is 2.05. The summed E-state index contributed by atoms with van der Waals surface area (Å²) in [7, 11) is 0. The van der Waals surface area contributed by atoms with E-state index in [1.54, 1.807) is 0 Å². The molecule has 1 saturated carbocycles. The quantitative estimate of drug-likeness (QED) is 0.685. The van der Waals surface area contributed by atoms with Crippen molar-refractivity contribution in [2.75, 3.05) is 0 Å². The number of Topliss-reactive ketones (excluding diaryl/α,β-unsaturated/α-hetero) is 1. The molecule has 76 valence electrons. The van der Waals surface area contributed by atoms with Gasteiger partial charge in [0.25, 0.3) is 0 Å². The van der Waals surface area contributed by atoms with Crippen molar-refractivity contribution in [1.82, 2.24) is 0 Å². The van der Waals surface area contributed by atoms with Gasteiger partial charge in [-0.2, -0.15) is 0 Å². The van der Waals surface area contributed by atoms with Crippen LogP contribution >= 0.6 is 0 Å². The lowest BCUT2D eigenvalue weighted by atomic mass is 9.98. The van der Waals surface area contributed by atoms with Crippen molar-refractivity contribution in [2.45, 2.75) is 51.2 Å². The van der Waals surface area contributed by atoms with Crippen molar-refractivity contribution in [2.24, 2.45) is 5.92 Å². The van der Waals surface area contributed by atoms with Crippen LogP contribution in [0.4, 0.5) is 0 Å². The van der Waals surface area contributed by atoms with E-state index >= 15 is 0 Å². The highest BCUT2D eigenvalue weighted by Crippen LogP contribution is 2.27. The first-order valence-electron chi connectivity index (χ1n) is 5.04. The molecule has 0 saturated heterocycles. The topological polar surface area (TPSA) is 57.5 Å². The Bertz CT molecular complexity index is 169. The minimum absolute atomic E-state index is 0.100. The van der Waals surface area contributed by atoms with Gasteiger partial charge in [-0.3, -0.25) is 4.79 Å². The van der Waals surface area contributed by atoms with Crippen molar-refractivity contribution in [1.29, 1.82) is 0 Å². The monoisotopic (exact) mass is 186 g/mol. The van der Waals surface area contributed by atoms with Crippen LogP contribution in [0.5, 0.6) is 0 Å². The van der Waals surface area contributed by atoms with Crippen molar-refractivity contribution in [3.8, 4) is 0 Å². The highest BCUT2D eigenvalue weighted by molar-refractivity contribution is 5.81. The minimum Gasteiger partial charge on any atom is -0.390 e. The molecule has 2 N–H and O–H groups in total. The van der Waals surface area contributed by atoms with Crippen LogP contribution in [0.25, 0.3) is 0 Å². The predicted octanol–water partition coefficient (Wildman–Crippen LogP) is 0.877. The van der Waals surface area contributed by atoms with Gasteiger partial charge < -0.3 is 10.2 Å². The Morgan fingerprint density at radius 1 is 1.31 bits per heavy atom. The van der Waals surface area contributed by atoms with E-state index in [2.05, 4.69) is 0 Å². The first-order valence-corrected chi connectivity index (χ1v) is 5.04. The molecule has 1 aliphatic rings. The zero-order valence-electron chi connectivity index (χ0n) is 8.07. The molecule has 0 aromatic carbocycles. The molecule has 13 heavy (non-hydrogen) atoms. The van der Waals surface area contributed by atoms with Gasteiger partial charge in [0.05, 0.1) is 12.2 Å². The van der Waals surface area contributed by atoms with Crippen LogP contribution in [-0.2, 0) is 4.79 Å². The molecule has 1 aliphatic carbocycles. The van der Waals surface area contributed by atoms with Crippen LogP contribution < -0.4 is 0 Å². The summed E-state index contributed by atoms with van der Waals surface area (Å²) in [4.78, 5) is 11.5. The summed E-state index contributed by atoms with van der Waals surface area (Å²) in [5.41, 5.74) is 0. The predicted molar refractivity (Wildman–Crippen MR) is 49.3 cm³/mol. The van der Waals surface area contributed by atoms with Crippen LogP contribution in [0.2, 0.25) is 0 Å². The molecule has 0 aliphatic heterocycles. The van der Waals surface area contributed by atoms with Crippen LogP contribution in [0.1, 0.15) is 39.0 Å². The number of rotatable bonds is 4. The number of aliphatic hydroxyl groups excluding tert-OH is 2. The standard InChI is InChI=1S/C10H18O3/c1-2-3-4-8(11)7-5-9(12)10(13)6-7/h7,9-10,12-13H,2-6H2,1H3. The Balaban J connectivity index is 2.33. The smallest absolute Gasteiger partial charge is 0.136 e. The molecule has 2 atom stereocenters. The van der Waals surface area contributed by atoms with Crippen LogP contribution in [0, 0.1) is 5.92 Å². The molecular formula is C10H18O3. The fraction of sp³-hybridized carbons (Fsp3) is 0.900. The fourth-order valence-electron chi connectivity index (χ4n) is 1.81. The SMILES string of the molecule is CCCCC(=O)C1CC(O)C(O)C1. The molecule has 0 aromatic rings. The fourth-order valence-corrected chi connectivity index (χ4v) is 1.81. The lowest BCUT2D eigenvalue weighted by molar-refractivity contribution is -0.123. The number of hydrogen-bond acceptors (Lipinski definition) is 3. The lowest BCUT2D eigenvalue weighted by Crippen LogP contribution is -2.17. The Hall–Kier alpha value is -0.410. The third-order valence-corrected chi connectivity index (χ3v) is 2.73. The second-order valence-corrected chi connectivity index (χ2v) is 3.87. The second-order valence-electron chi connectivity index (χ2n) is 3.87. The zero-order valence-corrected chi connectivity index (χ0v) is 8.07. The molecule has 0 radical (unpaired) electrons. The summed E-state index contributed by atoms with van der Waals surface area (Å²) in [6, 6.07) is 0. The van der Waals surface area contributed by atoms with Crippen molar-refractivity contribution in [3.05, 3.63) is 0 Å². The van der Waals surface area contributed by atoms with E-state index < -0.39 is 12.2 Å². The number of carbonyl (C=O) groups excluding carboxylic acids is 1. The van der Waals surface area contributed by atoms with Gasteiger partial charge in [0.2, 0.25) is 0 Å². The maximum Gasteiger partial charge on any atom is 0.136 e. The van der Waals surface area contributed by atoms with Gasteiger partial charge in [0.15, 0.2) is 0 Å². The molecule has 2 unspecified atom stereocenters. The van der Waals surface area contributed by atoms with E-state index in [1.807, 2.05) is 6.92 Å². The summed E-state index contributed by atoms with van der Waals surface area (Å²) in [5.74, 6) is 0.106. The highest BCUT2D eigenvalue weighted by atomic mass is 16.3. The average Bonchev–Trinajstić information content (AvgIpc) is 2.43. The number of carbonyl (C=O) groups is 1. The molecule has 0 bridgehead atoms. The van der Waals surface area contributed by atoms with Gasteiger partial charge in [-0.1, -0.05) is 13.3 Å². The molecule has 3 heteroatoms. The Kier molecular flexibility index (Phi) is 3.88. The van der Waals surface area contributed by atoms with E-state index in [1.165, 1.54) is 0 Å². The van der Waals surface area contributed by atoms with Crippen LogP contribution in [-0.4, -0.2) is 28.2 Å². The maximum absolute atomic E-state index is 11.5. The van der Waals surface area contributed by atoms with Gasteiger partial charge in [-0.25, -0.2) is 0 Å². The van der Waals surface area contributed by atoms with E-state index in [4.69, 9.17) is 0 Å². The molecular weight excluding hydrogens is 168 g/mol. The number of unbranched alkanes of at least 4 members (excludes halogenated alkanes) is 1. The first kappa shape index (κ1) is 10.7. The van der Waals surface area contributed by atoms with Crippen LogP contribution in [0.15, 0.2) is 0 Å². The third kappa shape index (κ3) is 2.78. The summed E-state index contributed by atoms with van der Waals surface area (Å²) >= 11 is 0. The van der Waals surface area contributed by atoms with Crippen molar-refractivity contribution >= 4 is 5.78 Å². The maximum atomic E-state index is 11.5. The van der Waals surface area contributed by atoms with E-state index in [0.29, 0.717) is 19.3 Å². The summed E-state index contributed by atoms with van der Waals surface area (Å²) in [5, 5.41) is 18.5. The Morgan fingerprint density at radius 2 is 1.85 bits per heavy atom. The number of hydrogen-bond donors (Lipinski definition) is 2. The highest BCUT2D eigenvalue weighted by Gasteiger charge is 2.34. The third-order valence-electron chi connectivity index (χ3n) is 2.73. The average molecular weight is 186 g/mol. The van der Waals surface area contributed by atoms with Gasteiger partial charge in [0.1, 0.15) is 5.78 Å². The normalized spacial score (nSPS) is 33.6. The minimum atomic E-state index is -0.685. The summed E-state index contributed by atoms with van der Waals surface area (Å²) < 4.78 is 0. The van der Waals surface area contributed by atoms with Crippen molar-refractivity contribution < 1.29 is 15.0 Å². The molecule has 0 aromatic heterocycles. The molecule has 0 heterocycles. The van der Waals surface area contributed by atoms with Gasteiger partial charge in [-0.05, 0) is 19.3 Å². The summed E-state index contributed by atoms with van der Waals surface area (Å²) in [6.07, 6.45) is 2.06. The largest absolute Gasteiger partial charge is 0.390 e. The molecule has 3 nitrogen and oxygen atoms in total. The first-order chi connectivity index (χ1) is 6.15. The van der Waals surface area contributed by atoms with Gasteiger partial charge in [-0.15, -0.1) is 0 Å². The zero-order chi connectivity index (χ0) is 9.84. The second kappa shape index (κ2) is 4.72. The molecule has 0 amide bonds. The van der Waals surface area contributed by atoms with Crippen molar-refractivity contribution in [3.63, 3.8) is 0 Å². The van der Waals surface area contributed by atoms with E-state index in [0.717, 1.165) is 12.8 Å². The Morgan fingerprint density at radius 3 is 2.31 bits per heavy atom. The molecule has 0 spiro atoms. The van der Waals surface area contributed by atoms with Gasteiger partial charge >= 0.3 is 0 Å². The van der Waals surface area contributed by atoms with E-state index in [-0.39, 0.29) is 11.7 Å². The Labute approximate surface area is 78.8 Å². The molecule has 1 rings (SSSR count). The van der Waals surface area contributed by atoms with E-state index in [9.17, 15) is 15.0 Å². The number of aliphatic hydroxyl groups is 2. The lowest BCUT2D eigenvalue weighted by Gasteiger charge is -2.06. The van der Waals surface area contributed by atoms with Gasteiger partial charge in [0, 0.05) is 12.3 Å². The van der Waals surface area contributed by atoms with Crippen LogP contribution in [0.3, 0.4) is 0 Å². The number of ketones is 1. The molecule has 1 fully saturated rings.